The minimum atomic E-state index is -0.424. The highest BCUT2D eigenvalue weighted by Crippen LogP contribution is 2.28. The first-order valence-electron chi connectivity index (χ1n) is 8.43. The van der Waals surface area contributed by atoms with Crippen LogP contribution in [-0.4, -0.2) is 18.3 Å². The maximum absolute atomic E-state index is 12.1. The number of benzene rings is 2. The number of hydrogen-bond donors (Lipinski definition) is 1. The largest absolute Gasteiger partial charge is 0.483 e. The molecule has 138 valence electrons. The van der Waals surface area contributed by atoms with Gasteiger partial charge < -0.3 is 14.5 Å². The zero-order chi connectivity index (χ0) is 19.6. The first kappa shape index (κ1) is 18.4. The number of rotatable bonds is 5. The smallest absolute Gasteiger partial charge is 0.336 e. The standard InChI is InChI=1S/C21H19NO5/c1-12-10-20(25)27-21-13(2)18(9-8-17(12)21)26-11-19(24)22-16-6-4-15(5-7-16)14(3)23/h4-10H,11H2,1-3H3,(H,22,24). The molecule has 27 heavy (non-hydrogen) atoms. The summed E-state index contributed by atoms with van der Waals surface area (Å²) in [6.07, 6.45) is 0. The molecule has 0 bridgehead atoms. The number of ketones is 1. The Labute approximate surface area is 155 Å². The molecule has 0 atom stereocenters. The first-order valence-corrected chi connectivity index (χ1v) is 8.43. The van der Waals surface area contributed by atoms with E-state index in [1.165, 1.54) is 13.0 Å². The minimum Gasteiger partial charge on any atom is -0.483 e. The molecule has 0 saturated heterocycles. The van der Waals surface area contributed by atoms with Crippen LogP contribution in [0.15, 0.2) is 51.7 Å². The number of Topliss-reactive ketones (excluding diaryl/α,β-unsaturated/α-hetero) is 1. The van der Waals surface area contributed by atoms with Gasteiger partial charge in [-0.1, -0.05) is 0 Å². The maximum Gasteiger partial charge on any atom is 0.336 e. The monoisotopic (exact) mass is 365 g/mol. The number of hydrogen-bond acceptors (Lipinski definition) is 5. The molecule has 1 aromatic heterocycles. The Morgan fingerprint density at radius 3 is 2.44 bits per heavy atom. The summed E-state index contributed by atoms with van der Waals surface area (Å²) in [5.74, 6) is 0.0963. The predicted molar refractivity (Wildman–Crippen MR) is 103 cm³/mol. The van der Waals surface area contributed by atoms with E-state index in [-0.39, 0.29) is 18.3 Å². The number of anilines is 1. The molecular formula is C21H19NO5. The summed E-state index contributed by atoms with van der Waals surface area (Å²) < 4.78 is 10.9. The normalized spacial score (nSPS) is 10.6. The van der Waals surface area contributed by atoms with Gasteiger partial charge in [-0.05, 0) is 62.7 Å². The van der Waals surface area contributed by atoms with Gasteiger partial charge in [-0.2, -0.15) is 0 Å². The van der Waals surface area contributed by atoms with Crippen molar-refractivity contribution in [3.8, 4) is 5.75 Å². The van der Waals surface area contributed by atoms with Crippen molar-refractivity contribution in [1.29, 1.82) is 0 Å². The fraction of sp³-hybridized carbons (Fsp3) is 0.190. The van der Waals surface area contributed by atoms with Crippen molar-refractivity contribution in [2.75, 3.05) is 11.9 Å². The highest BCUT2D eigenvalue weighted by Gasteiger charge is 2.12. The van der Waals surface area contributed by atoms with Crippen molar-refractivity contribution in [1.82, 2.24) is 0 Å². The van der Waals surface area contributed by atoms with Crippen LogP contribution in [0.1, 0.15) is 28.4 Å². The number of amides is 1. The molecule has 3 rings (SSSR count). The van der Waals surface area contributed by atoms with Crippen molar-refractivity contribution in [2.24, 2.45) is 0 Å². The number of nitrogens with one attached hydrogen (secondary N) is 1. The molecule has 0 radical (unpaired) electrons. The fourth-order valence-corrected chi connectivity index (χ4v) is 2.79. The Kier molecular flexibility index (Phi) is 5.07. The van der Waals surface area contributed by atoms with E-state index in [9.17, 15) is 14.4 Å². The Morgan fingerprint density at radius 1 is 1.07 bits per heavy atom. The van der Waals surface area contributed by atoms with Gasteiger partial charge in [0.2, 0.25) is 0 Å². The molecule has 1 amide bonds. The molecule has 6 nitrogen and oxygen atoms in total. The lowest BCUT2D eigenvalue weighted by Gasteiger charge is -2.11. The Hall–Kier alpha value is -3.41. The Morgan fingerprint density at radius 2 is 1.78 bits per heavy atom. The third kappa shape index (κ3) is 4.06. The van der Waals surface area contributed by atoms with Crippen LogP contribution < -0.4 is 15.7 Å². The number of ether oxygens (including phenoxy) is 1. The molecule has 0 unspecified atom stereocenters. The summed E-state index contributed by atoms with van der Waals surface area (Å²) in [7, 11) is 0. The van der Waals surface area contributed by atoms with E-state index in [1.807, 2.05) is 6.92 Å². The molecule has 3 aromatic rings. The molecule has 0 spiro atoms. The number of carbonyl (C=O) groups excluding carboxylic acids is 2. The zero-order valence-corrected chi connectivity index (χ0v) is 15.3. The van der Waals surface area contributed by atoms with E-state index in [0.29, 0.717) is 28.1 Å². The van der Waals surface area contributed by atoms with Crippen molar-refractivity contribution in [3.63, 3.8) is 0 Å². The van der Waals surface area contributed by atoms with E-state index in [1.54, 1.807) is 43.3 Å². The third-order valence-electron chi connectivity index (χ3n) is 4.25. The van der Waals surface area contributed by atoms with Crippen molar-refractivity contribution in [2.45, 2.75) is 20.8 Å². The van der Waals surface area contributed by atoms with E-state index >= 15 is 0 Å². The van der Waals surface area contributed by atoms with Gasteiger partial charge in [0.1, 0.15) is 11.3 Å². The summed E-state index contributed by atoms with van der Waals surface area (Å²) in [5.41, 5.74) is 2.66. The van der Waals surface area contributed by atoms with Crippen LogP contribution in [0.2, 0.25) is 0 Å². The number of aryl methyl sites for hydroxylation is 2. The minimum absolute atomic E-state index is 0.0372. The predicted octanol–water partition coefficient (Wildman–Crippen LogP) is 3.63. The molecule has 0 aliphatic rings. The van der Waals surface area contributed by atoms with Crippen LogP contribution in [0.4, 0.5) is 5.69 Å². The topological polar surface area (TPSA) is 85.6 Å². The molecular weight excluding hydrogens is 346 g/mol. The molecule has 6 heteroatoms. The van der Waals surface area contributed by atoms with Gasteiger partial charge in [-0.3, -0.25) is 9.59 Å². The maximum atomic E-state index is 12.1. The summed E-state index contributed by atoms with van der Waals surface area (Å²) >= 11 is 0. The Bertz CT molecular complexity index is 1080. The molecule has 1 N–H and O–H groups in total. The van der Waals surface area contributed by atoms with Gasteiger partial charge in [0.25, 0.3) is 5.91 Å². The highest BCUT2D eigenvalue weighted by molar-refractivity contribution is 5.96. The Balaban J connectivity index is 1.71. The average Bonchev–Trinajstić information content (AvgIpc) is 2.62. The molecule has 0 aliphatic heterocycles. The number of carbonyl (C=O) groups is 2. The fourth-order valence-electron chi connectivity index (χ4n) is 2.79. The lowest BCUT2D eigenvalue weighted by atomic mass is 10.1. The second-order valence-electron chi connectivity index (χ2n) is 6.28. The second kappa shape index (κ2) is 7.45. The van der Waals surface area contributed by atoms with Crippen LogP contribution in [0.3, 0.4) is 0 Å². The molecule has 2 aromatic carbocycles. The molecule has 0 saturated carbocycles. The summed E-state index contributed by atoms with van der Waals surface area (Å²) in [6, 6.07) is 11.6. The first-order chi connectivity index (χ1) is 12.8. The summed E-state index contributed by atoms with van der Waals surface area (Å²) in [5, 5.41) is 3.53. The molecule has 0 fully saturated rings. The van der Waals surface area contributed by atoms with Crippen LogP contribution in [0.25, 0.3) is 11.0 Å². The lowest BCUT2D eigenvalue weighted by molar-refractivity contribution is -0.118. The van der Waals surface area contributed by atoms with Crippen LogP contribution in [0, 0.1) is 13.8 Å². The lowest BCUT2D eigenvalue weighted by Crippen LogP contribution is -2.20. The molecule has 0 aliphatic carbocycles. The SMILES string of the molecule is CC(=O)c1ccc(NC(=O)COc2ccc3c(C)cc(=O)oc3c2C)cc1. The second-order valence-corrected chi connectivity index (χ2v) is 6.28. The van der Waals surface area contributed by atoms with Crippen LogP contribution in [0.5, 0.6) is 5.75 Å². The van der Waals surface area contributed by atoms with Crippen LogP contribution in [-0.2, 0) is 4.79 Å². The van der Waals surface area contributed by atoms with Gasteiger partial charge in [0.15, 0.2) is 12.4 Å². The van der Waals surface area contributed by atoms with Gasteiger partial charge >= 0.3 is 5.63 Å². The van der Waals surface area contributed by atoms with E-state index in [2.05, 4.69) is 5.32 Å². The summed E-state index contributed by atoms with van der Waals surface area (Å²) in [4.78, 5) is 35.0. The van der Waals surface area contributed by atoms with E-state index in [0.717, 1.165) is 10.9 Å². The molecule has 1 heterocycles. The zero-order valence-electron chi connectivity index (χ0n) is 15.3. The van der Waals surface area contributed by atoms with Gasteiger partial charge in [0.05, 0.1) is 0 Å². The van der Waals surface area contributed by atoms with E-state index in [4.69, 9.17) is 9.15 Å². The quantitative estimate of drug-likeness (QED) is 0.551. The number of fused-ring (bicyclic) bond motifs is 1. The van der Waals surface area contributed by atoms with Crippen LogP contribution >= 0.6 is 0 Å². The van der Waals surface area contributed by atoms with Crippen molar-refractivity contribution in [3.05, 3.63) is 69.6 Å². The van der Waals surface area contributed by atoms with Gasteiger partial charge in [-0.15, -0.1) is 0 Å². The van der Waals surface area contributed by atoms with Gasteiger partial charge in [0, 0.05) is 28.3 Å². The highest BCUT2D eigenvalue weighted by atomic mass is 16.5. The average molecular weight is 365 g/mol. The van der Waals surface area contributed by atoms with Gasteiger partial charge in [-0.25, -0.2) is 4.79 Å². The van der Waals surface area contributed by atoms with E-state index < -0.39 is 5.63 Å². The van der Waals surface area contributed by atoms with Crippen molar-refractivity contribution < 1.29 is 18.7 Å². The third-order valence-corrected chi connectivity index (χ3v) is 4.25. The van der Waals surface area contributed by atoms with Crippen molar-refractivity contribution >= 4 is 28.3 Å². The summed E-state index contributed by atoms with van der Waals surface area (Å²) in [6.45, 7) is 4.90.